The predicted octanol–water partition coefficient (Wildman–Crippen LogP) is 3.33. The van der Waals surface area contributed by atoms with Crippen LogP contribution < -0.4 is 20.9 Å². The zero-order valence-electron chi connectivity index (χ0n) is 18.4. The number of carbonyl (C=O) groups is 1. The van der Waals surface area contributed by atoms with Gasteiger partial charge in [0.25, 0.3) is 5.91 Å². The molecule has 0 fully saturated rings. The first-order valence-electron chi connectivity index (χ1n) is 10.5. The van der Waals surface area contributed by atoms with Gasteiger partial charge in [0, 0.05) is 22.7 Å². The molecule has 1 unspecified atom stereocenters. The first kappa shape index (κ1) is 23.2. The van der Waals surface area contributed by atoms with Crippen LogP contribution in [-0.4, -0.2) is 32.0 Å². The largest absolute Gasteiger partial charge is 0.491 e. The second-order valence-corrected chi connectivity index (χ2v) is 9.41. The minimum atomic E-state index is -3.87. The third kappa shape index (κ3) is 5.16. The molecule has 1 heterocycles. The number of carbonyl (C=O) groups excluding carboxylic acids is 1. The number of nitrogens with two attached hydrogens (primary N) is 2. The van der Waals surface area contributed by atoms with Crippen LogP contribution in [0.1, 0.15) is 17.3 Å². The quantitative estimate of drug-likeness (QED) is 0.374. The van der Waals surface area contributed by atoms with E-state index in [9.17, 15) is 13.2 Å². The monoisotopic (exact) mass is 476 g/mol. The van der Waals surface area contributed by atoms with Gasteiger partial charge in [-0.05, 0) is 54.3 Å². The average Bonchev–Trinajstić information content (AvgIpc) is 2.82. The molecule has 34 heavy (non-hydrogen) atoms. The molecule has 0 spiro atoms. The van der Waals surface area contributed by atoms with Crippen LogP contribution in [0.15, 0.2) is 83.9 Å². The minimum Gasteiger partial charge on any atom is -0.491 e. The summed E-state index contributed by atoms with van der Waals surface area (Å²) < 4.78 is 29.5. The Morgan fingerprint density at radius 2 is 1.79 bits per heavy atom. The first-order chi connectivity index (χ1) is 16.2. The standard InChI is InChI=1S/C25H24N4O4S/c1-16(15-33-20-11-10-18-12-13-28-24(26)22(18)14-20)29-25(30)19-8-6-17(7-9-19)21-4-2-3-5-23(21)34(27,31)32/h2-14,16H,15H2,1H3,(H2,26,28)(H,29,30)(H2,27,31,32). The minimum absolute atomic E-state index is 0.0317. The van der Waals surface area contributed by atoms with E-state index >= 15 is 0 Å². The van der Waals surface area contributed by atoms with Crippen molar-refractivity contribution in [3.63, 3.8) is 0 Å². The number of amides is 1. The zero-order chi connectivity index (χ0) is 24.3. The molecule has 174 valence electrons. The number of anilines is 1. The van der Waals surface area contributed by atoms with Crippen LogP contribution in [0.5, 0.6) is 5.75 Å². The van der Waals surface area contributed by atoms with Crippen molar-refractivity contribution in [2.75, 3.05) is 12.3 Å². The lowest BCUT2D eigenvalue weighted by Crippen LogP contribution is -2.36. The van der Waals surface area contributed by atoms with E-state index in [1.807, 2.05) is 31.2 Å². The third-order valence-electron chi connectivity index (χ3n) is 5.30. The van der Waals surface area contributed by atoms with E-state index in [1.165, 1.54) is 6.07 Å². The van der Waals surface area contributed by atoms with E-state index in [1.54, 1.807) is 48.7 Å². The number of fused-ring (bicyclic) bond motifs is 1. The predicted molar refractivity (Wildman–Crippen MR) is 132 cm³/mol. The number of nitrogens with one attached hydrogen (secondary N) is 1. The van der Waals surface area contributed by atoms with Crippen molar-refractivity contribution in [1.82, 2.24) is 10.3 Å². The van der Waals surface area contributed by atoms with Gasteiger partial charge in [-0.25, -0.2) is 18.5 Å². The number of primary sulfonamides is 1. The SMILES string of the molecule is CC(COc1ccc2ccnc(N)c2c1)NC(=O)c1ccc(-c2ccccc2S(N)(=O)=O)cc1. The molecule has 4 aromatic rings. The number of sulfonamides is 1. The molecule has 0 aliphatic rings. The van der Waals surface area contributed by atoms with Gasteiger partial charge in [-0.1, -0.05) is 36.4 Å². The summed E-state index contributed by atoms with van der Waals surface area (Å²) in [6.45, 7) is 2.10. The number of nitrogen functional groups attached to an aromatic ring is 1. The Labute approximate surface area is 197 Å². The molecular formula is C25H24N4O4S. The Hall–Kier alpha value is -3.95. The maximum atomic E-state index is 12.7. The molecule has 1 atom stereocenters. The molecule has 1 aromatic heterocycles. The molecular weight excluding hydrogens is 452 g/mol. The van der Waals surface area contributed by atoms with E-state index in [0.29, 0.717) is 28.3 Å². The number of aromatic nitrogens is 1. The van der Waals surface area contributed by atoms with Crippen molar-refractivity contribution in [3.05, 3.63) is 84.6 Å². The van der Waals surface area contributed by atoms with Gasteiger partial charge in [0.05, 0.1) is 10.9 Å². The van der Waals surface area contributed by atoms with Crippen LogP contribution in [-0.2, 0) is 10.0 Å². The molecule has 3 aromatic carbocycles. The van der Waals surface area contributed by atoms with Crippen LogP contribution in [0.3, 0.4) is 0 Å². The maximum Gasteiger partial charge on any atom is 0.251 e. The highest BCUT2D eigenvalue weighted by Crippen LogP contribution is 2.27. The van der Waals surface area contributed by atoms with Crippen molar-refractivity contribution in [2.24, 2.45) is 5.14 Å². The van der Waals surface area contributed by atoms with Crippen molar-refractivity contribution in [1.29, 1.82) is 0 Å². The molecule has 0 bridgehead atoms. The number of ether oxygens (including phenoxy) is 1. The summed E-state index contributed by atoms with van der Waals surface area (Å²) >= 11 is 0. The van der Waals surface area contributed by atoms with E-state index in [-0.39, 0.29) is 23.5 Å². The van der Waals surface area contributed by atoms with E-state index in [4.69, 9.17) is 15.6 Å². The molecule has 4 rings (SSSR count). The van der Waals surface area contributed by atoms with Crippen LogP contribution in [0, 0.1) is 0 Å². The molecule has 0 saturated heterocycles. The Bertz CT molecular complexity index is 1450. The van der Waals surface area contributed by atoms with Crippen molar-refractivity contribution in [2.45, 2.75) is 17.9 Å². The average molecular weight is 477 g/mol. The van der Waals surface area contributed by atoms with Gasteiger partial charge in [-0.2, -0.15) is 0 Å². The number of hydrogen-bond acceptors (Lipinski definition) is 6. The van der Waals surface area contributed by atoms with E-state index in [0.717, 1.165) is 10.8 Å². The van der Waals surface area contributed by atoms with Gasteiger partial charge in [0.1, 0.15) is 18.2 Å². The van der Waals surface area contributed by atoms with Gasteiger partial charge in [-0.3, -0.25) is 4.79 Å². The lowest BCUT2D eigenvalue weighted by atomic mass is 10.0. The normalized spacial score (nSPS) is 12.3. The van der Waals surface area contributed by atoms with E-state index < -0.39 is 10.0 Å². The highest BCUT2D eigenvalue weighted by Gasteiger charge is 2.16. The molecule has 1 amide bonds. The molecule has 0 aliphatic heterocycles. The molecule has 0 aliphatic carbocycles. The number of pyridine rings is 1. The maximum absolute atomic E-state index is 12.7. The molecule has 8 nitrogen and oxygen atoms in total. The van der Waals surface area contributed by atoms with Gasteiger partial charge in [-0.15, -0.1) is 0 Å². The smallest absolute Gasteiger partial charge is 0.251 e. The van der Waals surface area contributed by atoms with Crippen LogP contribution >= 0.6 is 0 Å². The lowest BCUT2D eigenvalue weighted by Gasteiger charge is -2.16. The molecule has 0 saturated carbocycles. The first-order valence-corrected chi connectivity index (χ1v) is 12.1. The fourth-order valence-corrected chi connectivity index (χ4v) is 4.34. The summed E-state index contributed by atoms with van der Waals surface area (Å²) in [4.78, 5) is 16.8. The number of nitrogens with zero attached hydrogens (tertiary/aromatic N) is 1. The van der Waals surface area contributed by atoms with Crippen LogP contribution in [0.25, 0.3) is 21.9 Å². The van der Waals surface area contributed by atoms with Gasteiger partial charge in [0.2, 0.25) is 10.0 Å². The van der Waals surface area contributed by atoms with Crippen LogP contribution in [0.2, 0.25) is 0 Å². The second-order valence-electron chi connectivity index (χ2n) is 7.88. The molecule has 5 N–H and O–H groups in total. The number of rotatable bonds is 7. The topological polar surface area (TPSA) is 137 Å². The van der Waals surface area contributed by atoms with Crippen LogP contribution in [0.4, 0.5) is 5.82 Å². The van der Waals surface area contributed by atoms with Gasteiger partial charge < -0.3 is 15.8 Å². The lowest BCUT2D eigenvalue weighted by molar-refractivity contribution is 0.0926. The highest BCUT2D eigenvalue weighted by molar-refractivity contribution is 7.89. The zero-order valence-corrected chi connectivity index (χ0v) is 19.2. The van der Waals surface area contributed by atoms with Crippen molar-refractivity contribution >= 4 is 32.5 Å². The van der Waals surface area contributed by atoms with Gasteiger partial charge in [0.15, 0.2) is 0 Å². The number of hydrogen-bond donors (Lipinski definition) is 3. The van der Waals surface area contributed by atoms with Crippen molar-refractivity contribution < 1.29 is 17.9 Å². The summed E-state index contributed by atoms with van der Waals surface area (Å²) in [6.07, 6.45) is 1.65. The fraction of sp³-hybridized carbons (Fsp3) is 0.120. The summed E-state index contributed by atoms with van der Waals surface area (Å²) in [5.41, 5.74) is 7.49. The molecule has 0 radical (unpaired) electrons. The Morgan fingerprint density at radius 3 is 2.53 bits per heavy atom. The molecule has 9 heteroatoms. The summed E-state index contributed by atoms with van der Waals surface area (Å²) in [7, 11) is -3.87. The summed E-state index contributed by atoms with van der Waals surface area (Å²) in [6, 6.07) is 20.3. The fourth-order valence-electron chi connectivity index (χ4n) is 3.58. The third-order valence-corrected chi connectivity index (χ3v) is 6.27. The van der Waals surface area contributed by atoms with E-state index in [2.05, 4.69) is 10.3 Å². The van der Waals surface area contributed by atoms with Crippen molar-refractivity contribution in [3.8, 4) is 16.9 Å². The Morgan fingerprint density at radius 1 is 1.06 bits per heavy atom. The summed E-state index contributed by atoms with van der Waals surface area (Å²) in [5, 5.41) is 9.99. The summed E-state index contributed by atoms with van der Waals surface area (Å²) in [5.74, 6) is 0.792. The Balaban J connectivity index is 1.40. The highest BCUT2D eigenvalue weighted by atomic mass is 32.2. The van der Waals surface area contributed by atoms with Gasteiger partial charge >= 0.3 is 0 Å². The Kier molecular flexibility index (Phi) is 6.49. The second kappa shape index (κ2) is 9.50. The number of benzene rings is 3.